The molecule has 0 amide bonds. The Balaban J connectivity index is 1.78. The molecule has 1 aromatic carbocycles. The number of benzene rings is 1. The first kappa shape index (κ1) is 11.6. The van der Waals surface area contributed by atoms with Gasteiger partial charge in [-0.3, -0.25) is 0 Å². The van der Waals surface area contributed by atoms with E-state index in [9.17, 15) is 0 Å². The molecule has 3 aromatic rings. The van der Waals surface area contributed by atoms with Gasteiger partial charge in [-0.2, -0.15) is 0 Å². The Hall–Kier alpha value is -2.47. The minimum atomic E-state index is 0.383. The van der Waals surface area contributed by atoms with Gasteiger partial charge in [0.2, 0.25) is 5.89 Å². The molecule has 0 saturated heterocycles. The van der Waals surface area contributed by atoms with Crippen LogP contribution in [-0.2, 0) is 13.1 Å². The summed E-state index contributed by atoms with van der Waals surface area (Å²) >= 11 is 0. The van der Waals surface area contributed by atoms with Crippen molar-refractivity contribution < 1.29 is 4.42 Å². The van der Waals surface area contributed by atoms with Crippen molar-refractivity contribution in [3.8, 4) is 11.5 Å². The van der Waals surface area contributed by atoms with Crippen molar-refractivity contribution >= 4 is 0 Å². The summed E-state index contributed by atoms with van der Waals surface area (Å²) in [5, 5.41) is 7.89. The molecule has 3 rings (SSSR count). The van der Waals surface area contributed by atoms with E-state index < -0.39 is 0 Å². The Labute approximate surface area is 109 Å². The number of nitrogens with zero attached hydrogens (tertiary/aromatic N) is 4. The van der Waals surface area contributed by atoms with Gasteiger partial charge in [-0.05, 0) is 12.1 Å². The van der Waals surface area contributed by atoms with Gasteiger partial charge < -0.3 is 10.2 Å². The largest absolute Gasteiger partial charge is 0.444 e. The van der Waals surface area contributed by atoms with Crippen molar-refractivity contribution in [2.45, 2.75) is 13.1 Å². The summed E-state index contributed by atoms with van der Waals surface area (Å²) in [6.07, 6.45) is 3.43. The van der Waals surface area contributed by atoms with E-state index in [1.807, 2.05) is 30.3 Å². The first-order valence-corrected chi connectivity index (χ1v) is 5.94. The third kappa shape index (κ3) is 2.53. The molecular weight excluding hydrogens is 242 g/mol. The number of nitrogens with two attached hydrogens (primary N) is 1. The summed E-state index contributed by atoms with van der Waals surface area (Å²) in [6, 6.07) is 9.76. The van der Waals surface area contributed by atoms with Crippen molar-refractivity contribution in [1.29, 1.82) is 0 Å². The van der Waals surface area contributed by atoms with Crippen molar-refractivity contribution in [3.63, 3.8) is 0 Å². The monoisotopic (exact) mass is 255 g/mol. The second-order valence-corrected chi connectivity index (χ2v) is 4.12. The molecule has 0 saturated carbocycles. The third-order valence-corrected chi connectivity index (χ3v) is 2.69. The van der Waals surface area contributed by atoms with E-state index >= 15 is 0 Å². The van der Waals surface area contributed by atoms with Crippen LogP contribution in [0.2, 0.25) is 0 Å². The van der Waals surface area contributed by atoms with Gasteiger partial charge in [0.05, 0.1) is 18.4 Å². The Morgan fingerprint density at radius 1 is 1.16 bits per heavy atom. The number of rotatable bonds is 4. The molecule has 0 aliphatic rings. The fourth-order valence-corrected chi connectivity index (χ4v) is 1.77. The normalized spacial score (nSPS) is 10.8. The summed E-state index contributed by atoms with van der Waals surface area (Å²) in [6.45, 7) is 0.900. The minimum absolute atomic E-state index is 0.383. The quantitative estimate of drug-likeness (QED) is 0.762. The molecule has 96 valence electrons. The maximum Gasteiger partial charge on any atom is 0.226 e. The molecule has 2 N–H and O–H groups in total. The zero-order chi connectivity index (χ0) is 13.1. The van der Waals surface area contributed by atoms with Crippen molar-refractivity contribution in [3.05, 3.63) is 54.2 Å². The molecule has 2 heterocycles. The summed E-state index contributed by atoms with van der Waals surface area (Å²) in [5.74, 6) is 0.606. The van der Waals surface area contributed by atoms with Crippen LogP contribution in [-0.4, -0.2) is 20.0 Å². The van der Waals surface area contributed by atoms with Gasteiger partial charge in [-0.15, -0.1) is 5.10 Å². The SMILES string of the molecule is NCc1cn(Cc2coc(-c3ccccc3)n2)nn1. The van der Waals surface area contributed by atoms with E-state index in [0.29, 0.717) is 19.0 Å². The Kier molecular flexibility index (Phi) is 3.07. The molecule has 0 spiro atoms. The first-order valence-electron chi connectivity index (χ1n) is 5.94. The van der Waals surface area contributed by atoms with Gasteiger partial charge in [0.25, 0.3) is 0 Å². The van der Waals surface area contributed by atoms with Crippen molar-refractivity contribution in [1.82, 2.24) is 20.0 Å². The van der Waals surface area contributed by atoms with E-state index in [1.54, 1.807) is 17.1 Å². The average molecular weight is 255 g/mol. The Bertz CT molecular complexity index is 658. The summed E-state index contributed by atoms with van der Waals surface area (Å²) < 4.78 is 7.15. The average Bonchev–Trinajstić information content (AvgIpc) is 3.09. The van der Waals surface area contributed by atoms with E-state index in [1.165, 1.54) is 0 Å². The number of oxazole rings is 1. The molecule has 0 aliphatic carbocycles. The number of aromatic nitrogens is 4. The predicted octanol–water partition coefficient (Wildman–Crippen LogP) is 1.44. The first-order chi connectivity index (χ1) is 9.35. The Morgan fingerprint density at radius 2 is 2.00 bits per heavy atom. The van der Waals surface area contributed by atoms with E-state index in [0.717, 1.165) is 17.0 Å². The van der Waals surface area contributed by atoms with Gasteiger partial charge in [-0.25, -0.2) is 9.67 Å². The van der Waals surface area contributed by atoms with Gasteiger partial charge in [0.15, 0.2) is 0 Å². The minimum Gasteiger partial charge on any atom is -0.444 e. The molecule has 0 atom stereocenters. The van der Waals surface area contributed by atoms with Crippen LogP contribution in [0.5, 0.6) is 0 Å². The van der Waals surface area contributed by atoms with Crippen LogP contribution in [0.15, 0.2) is 47.2 Å². The van der Waals surface area contributed by atoms with Gasteiger partial charge in [0, 0.05) is 12.1 Å². The second-order valence-electron chi connectivity index (χ2n) is 4.12. The molecule has 6 nitrogen and oxygen atoms in total. The fourth-order valence-electron chi connectivity index (χ4n) is 1.77. The highest BCUT2D eigenvalue weighted by Crippen LogP contribution is 2.18. The van der Waals surface area contributed by atoms with Gasteiger partial charge in [0.1, 0.15) is 12.0 Å². The molecule has 0 unspecified atom stereocenters. The highest BCUT2D eigenvalue weighted by atomic mass is 16.3. The topological polar surface area (TPSA) is 82.8 Å². The summed E-state index contributed by atoms with van der Waals surface area (Å²) in [5.41, 5.74) is 8.00. The Morgan fingerprint density at radius 3 is 2.74 bits per heavy atom. The van der Waals surface area contributed by atoms with Crippen LogP contribution in [0.1, 0.15) is 11.4 Å². The molecular formula is C13H13N5O. The summed E-state index contributed by atoms with van der Waals surface area (Å²) in [4.78, 5) is 4.42. The zero-order valence-electron chi connectivity index (χ0n) is 10.2. The smallest absolute Gasteiger partial charge is 0.226 e. The van der Waals surface area contributed by atoms with Crippen LogP contribution in [0.4, 0.5) is 0 Å². The highest BCUT2D eigenvalue weighted by molar-refractivity contribution is 5.52. The number of hydrogen-bond acceptors (Lipinski definition) is 5. The van der Waals surface area contributed by atoms with Crippen LogP contribution >= 0.6 is 0 Å². The lowest BCUT2D eigenvalue weighted by atomic mass is 10.2. The molecule has 19 heavy (non-hydrogen) atoms. The van der Waals surface area contributed by atoms with Gasteiger partial charge >= 0.3 is 0 Å². The lowest BCUT2D eigenvalue weighted by Crippen LogP contribution is -2.00. The van der Waals surface area contributed by atoms with Gasteiger partial charge in [-0.1, -0.05) is 23.4 Å². The number of hydrogen-bond donors (Lipinski definition) is 1. The summed E-state index contributed by atoms with van der Waals surface area (Å²) in [7, 11) is 0. The lowest BCUT2D eigenvalue weighted by Gasteiger charge is -1.94. The van der Waals surface area contributed by atoms with Crippen LogP contribution in [0.25, 0.3) is 11.5 Å². The third-order valence-electron chi connectivity index (χ3n) is 2.69. The highest BCUT2D eigenvalue weighted by Gasteiger charge is 2.07. The molecule has 0 bridgehead atoms. The van der Waals surface area contributed by atoms with Crippen molar-refractivity contribution in [2.75, 3.05) is 0 Å². The maximum atomic E-state index is 5.49. The molecule has 0 fully saturated rings. The van der Waals surface area contributed by atoms with E-state index in [-0.39, 0.29) is 0 Å². The van der Waals surface area contributed by atoms with E-state index in [2.05, 4.69) is 15.3 Å². The zero-order valence-corrected chi connectivity index (χ0v) is 10.2. The fraction of sp³-hybridized carbons (Fsp3) is 0.154. The second kappa shape index (κ2) is 5.03. The van der Waals surface area contributed by atoms with Crippen LogP contribution in [0, 0.1) is 0 Å². The van der Waals surface area contributed by atoms with Crippen LogP contribution in [0.3, 0.4) is 0 Å². The van der Waals surface area contributed by atoms with Crippen molar-refractivity contribution in [2.24, 2.45) is 5.73 Å². The molecule has 6 heteroatoms. The molecule has 2 aromatic heterocycles. The molecule has 0 radical (unpaired) electrons. The van der Waals surface area contributed by atoms with Crippen LogP contribution < -0.4 is 5.73 Å². The molecule has 0 aliphatic heterocycles. The lowest BCUT2D eigenvalue weighted by molar-refractivity contribution is 0.568. The standard InChI is InChI=1S/C13H13N5O/c14-6-11-7-18(17-16-11)8-12-9-19-13(15-12)10-4-2-1-3-5-10/h1-5,7,9H,6,8,14H2. The maximum absolute atomic E-state index is 5.49. The van der Waals surface area contributed by atoms with E-state index in [4.69, 9.17) is 10.2 Å². The predicted molar refractivity (Wildman–Crippen MR) is 69.0 cm³/mol.